The lowest BCUT2D eigenvalue weighted by Gasteiger charge is -2.37. The molecule has 1 amide bonds. The summed E-state index contributed by atoms with van der Waals surface area (Å²) in [5.41, 5.74) is 6.52. The molecular weight excluding hydrogens is 316 g/mol. The number of benzene rings is 1. The second-order valence-electron chi connectivity index (χ2n) is 5.94. The number of likely N-dealkylation sites (N-methyl/N-ethyl adjacent to an activating group) is 1. The van der Waals surface area contributed by atoms with Gasteiger partial charge in [-0.1, -0.05) is 18.2 Å². The lowest BCUT2D eigenvalue weighted by Crippen LogP contribution is -2.50. The van der Waals surface area contributed by atoms with Gasteiger partial charge >= 0.3 is 0 Å². The molecule has 0 bridgehead atoms. The third-order valence-electron chi connectivity index (χ3n) is 4.42. The number of ether oxygens (including phenoxy) is 2. The number of amides is 1. The quantitative estimate of drug-likeness (QED) is 0.859. The minimum Gasteiger partial charge on any atom is -0.491 e. The fourth-order valence-electron chi connectivity index (χ4n) is 2.78. The van der Waals surface area contributed by atoms with Crippen molar-refractivity contribution in [3.8, 4) is 5.75 Å². The number of nitrogens with two attached hydrogens (primary N) is 1. The van der Waals surface area contributed by atoms with E-state index in [-0.39, 0.29) is 18.3 Å². The molecule has 23 heavy (non-hydrogen) atoms. The molecule has 0 spiro atoms. The number of hydrogen-bond acceptors (Lipinski definition) is 4. The Morgan fingerprint density at radius 1 is 1.35 bits per heavy atom. The van der Waals surface area contributed by atoms with Crippen LogP contribution in [0.25, 0.3) is 0 Å². The zero-order valence-corrected chi connectivity index (χ0v) is 14.7. The van der Waals surface area contributed by atoms with Crippen molar-refractivity contribution >= 4 is 18.3 Å². The Balaban J connectivity index is 0.00000264. The first-order chi connectivity index (χ1) is 10.6. The molecule has 1 heterocycles. The van der Waals surface area contributed by atoms with E-state index in [0.717, 1.165) is 11.3 Å². The molecule has 0 unspecified atom stereocenters. The molecule has 1 saturated heterocycles. The van der Waals surface area contributed by atoms with Gasteiger partial charge in [0, 0.05) is 26.8 Å². The fraction of sp³-hybridized carbons (Fsp3) is 0.588. The van der Waals surface area contributed by atoms with E-state index in [2.05, 4.69) is 0 Å². The van der Waals surface area contributed by atoms with Gasteiger partial charge in [0.1, 0.15) is 12.4 Å². The molecule has 130 valence electrons. The van der Waals surface area contributed by atoms with Crippen molar-refractivity contribution in [2.24, 2.45) is 11.1 Å². The second-order valence-corrected chi connectivity index (χ2v) is 5.94. The van der Waals surface area contributed by atoms with Crippen molar-refractivity contribution in [1.29, 1.82) is 0 Å². The van der Waals surface area contributed by atoms with Gasteiger partial charge in [0.2, 0.25) is 5.91 Å². The number of para-hydroxylation sites is 1. The minimum atomic E-state index is -0.463. The van der Waals surface area contributed by atoms with Gasteiger partial charge in [-0.25, -0.2) is 0 Å². The van der Waals surface area contributed by atoms with E-state index in [1.165, 1.54) is 0 Å². The molecule has 0 radical (unpaired) electrons. The van der Waals surface area contributed by atoms with Crippen LogP contribution in [0.2, 0.25) is 0 Å². The number of carbonyl (C=O) groups excluding carboxylic acids is 1. The molecule has 0 atom stereocenters. The van der Waals surface area contributed by atoms with Crippen LogP contribution in [0.3, 0.4) is 0 Å². The molecule has 1 aromatic carbocycles. The van der Waals surface area contributed by atoms with Crippen LogP contribution >= 0.6 is 12.4 Å². The molecule has 5 nitrogen and oxygen atoms in total. The van der Waals surface area contributed by atoms with Gasteiger partial charge in [-0.15, -0.1) is 12.4 Å². The summed E-state index contributed by atoms with van der Waals surface area (Å²) in [7, 11) is 1.82. The molecule has 0 aliphatic carbocycles. The standard InChI is InChI=1S/C17H26N2O3.ClH/c1-14-5-3-4-6-15(14)22-12-9-19(2)16(20)17(13-18)7-10-21-11-8-17;/h3-6H,7-13,18H2,1-2H3;1H. The average molecular weight is 343 g/mol. The van der Waals surface area contributed by atoms with Crippen molar-refractivity contribution in [1.82, 2.24) is 4.90 Å². The molecule has 0 aromatic heterocycles. The second kappa shape index (κ2) is 9.11. The highest BCUT2D eigenvalue weighted by atomic mass is 35.5. The van der Waals surface area contributed by atoms with Crippen molar-refractivity contribution < 1.29 is 14.3 Å². The first-order valence-corrected chi connectivity index (χ1v) is 7.81. The van der Waals surface area contributed by atoms with E-state index in [4.69, 9.17) is 15.2 Å². The molecule has 0 saturated carbocycles. The van der Waals surface area contributed by atoms with Crippen molar-refractivity contribution in [3.05, 3.63) is 29.8 Å². The Kier molecular flexibility index (Phi) is 7.82. The van der Waals surface area contributed by atoms with Crippen molar-refractivity contribution in [2.45, 2.75) is 19.8 Å². The van der Waals surface area contributed by atoms with Crippen LogP contribution in [-0.4, -0.2) is 50.8 Å². The van der Waals surface area contributed by atoms with Gasteiger partial charge < -0.3 is 20.1 Å². The van der Waals surface area contributed by atoms with Crippen molar-refractivity contribution in [3.63, 3.8) is 0 Å². The van der Waals surface area contributed by atoms with Gasteiger partial charge in [-0.05, 0) is 31.4 Å². The Bertz CT molecular complexity index is 504. The van der Waals surface area contributed by atoms with Crippen LogP contribution in [-0.2, 0) is 9.53 Å². The van der Waals surface area contributed by atoms with E-state index in [9.17, 15) is 4.79 Å². The summed E-state index contributed by atoms with van der Waals surface area (Å²) in [5.74, 6) is 0.967. The lowest BCUT2D eigenvalue weighted by atomic mass is 9.79. The van der Waals surface area contributed by atoms with Crippen LogP contribution < -0.4 is 10.5 Å². The molecule has 1 fully saturated rings. The molecule has 1 aliphatic heterocycles. The summed E-state index contributed by atoms with van der Waals surface area (Å²) in [6.45, 7) is 4.63. The van der Waals surface area contributed by atoms with E-state index in [0.29, 0.717) is 45.8 Å². The summed E-state index contributed by atoms with van der Waals surface area (Å²) < 4.78 is 11.1. The largest absolute Gasteiger partial charge is 0.491 e. The average Bonchev–Trinajstić information content (AvgIpc) is 2.56. The van der Waals surface area contributed by atoms with Gasteiger partial charge in [-0.2, -0.15) is 0 Å². The number of halogens is 1. The van der Waals surface area contributed by atoms with Gasteiger partial charge in [-0.3, -0.25) is 4.79 Å². The highest BCUT2D eigenvalue weighted by Gasteiger charge is 2.40. The number of nitrogens with zero attached hydrogens (tertiary/aromatic N) is 1. The normalized spacial score (nSPS) is 16.3. The van der Waals surface area contributed by atoms with Crippen LogP contribution in [0.5, 0.6) is 5.75 Å². The monoisotopic (exact) mass is 342 g/mol. The number of rotatable bonds is 6. The highest BCUT2D eigenvalue weighted by Crippen LogP contribution is 2.31. The summed E-state index contributed by atoms with van der Waals surface area (Å²) in [4.78, 5) is 14.4. The van der Waals surface area contributed by atoms with E-state index in [1.54, 1.807) is 4.90 Å². The van der Waals surface area contributed by atoms with E-state index >= 15 is 0 Å². The maximum Gasteiger partial charge on any atom is 0.230 e. The summed E-state index contributed by atoms with van der Waals surface area (Å²) in [5, 5.41) is 0. The molecule has 2 rings (SSSR count). The summed E-state index contributed by atoms with van der Waals surface area (Å²) >= 11 is 0. The topological polar surface area (TPSA) is 64.8 Å². The predicted octanol–water partition coefficient (Wildman–Crippen LogP) is 2.01. The number of aryl methyl sites for hydroxylation is 1. The number of hydrogen-bond donors (Lipinski definition) is 1. The fourth-order valence-corrected chi connectivity index (χ4v) is 2.78. The predicted molar refractivity (Wildman–Crippen MR) is 93.1 cm³/mol. The Labute approximate surface area is 144 Å². The third kappa shape index (κ3) is 4.83. The van der Waals surface area contributed by atoms with Crippen LogP contribution in [0.4, 0.5) is 0 Å². The molecule has 1 aliphatic rings. The molecule has 2 N–H and O–H groups in total. The zero-order chi connectivity index (χ0) is 16.0. The van der Waals surface area contributed by atoms with Crippen LogP contribution in [0.1, 0.15) is 18.4 Å². The van der Waals surface area contributed by atoms with E-state index in [1.807, 2.05) is 38.2 Å². The first kappa shape index (κ1) is 19.7. The summed E-state index contributed by atoms with van der Waals surface area (Å²) in [6, 6.07) is 7.88. The van der Waals surface area contributed by atoms with Crippen molar-refractivity contribution in [2.75, 3.05) is 40.0 Å². The number of carbonyl (C=O) groups is 1. The Morgan fingerprint density at radius 3 is 2.61 bits per heavy atom. The summed E-state index contributed by atoms with van der Waals surface area (Å²) in [6.07, 6.45) is 1.40. The van der Waals surface area contributed by atoms with Crippen LogP contribution in [0, 0.1) is 12.3 Å². The molecule has 6 heteroatoms. The Morgan fingerprint density at radius 2 is 2.00 bits per heavy atom. The van der Waals surface area contributed by atoms with Crippen LogP contribution in [0.15, 0.2) is 24.3 Å². The maximum atomic E-state index is 12.7. The third-order valence-corrected chi connectivity index (χ3v) is 4.42. The zero-order valence-electron chi connectivity index (χ0n) is 13.9. The molecular formula is C17H27ClN2O3. The van der Waals surface area contributed by atoms with Gasteiger partial charge in [0.25, 0.3) is 0 Å². The van der Waals surface area contributed by atoms with Gasteiger partial charge in [0.05, 0.1) is 12.0 Å². The minimum absolute atomic E-state index is 0. The molecule has 1 aromatic rings. The lowest BCUT2D eigenvalue weighted by molar-refractivity contribution is -0.146. The Hall–Kier alpha value is -1.30. The SMILES string of the molecule is Cc1ccccc1OCCN(C)C(=O)C1(CN)CCOCC1.Cl. The first-order valence-electron chi connectivity index (χ1n) is 7.81. The highest BCUT2D eigenvalue weighted by molar-refractivity contribution is 5.85. The maximum absolute atomic E-state index is 12.7. The smallest absolute Gasteiger partial charge is 0.230 e. The van der Waals surface area contributed by atoms with Gasteiger partial charge in [0.15, 0.2) is 0 Å². The van der Waals surface area contributed by atoms with E-state index < -0.39 is 5.41 Å².